The molecule has 0 saturated carbocycles. The summed E-state index contributed by atoms with van der Waals surface area (Å²) >= 11 is 0. The maximum absolute atomic E-state index is 11.6. The van der Waals surface area contributed by atoms with Gasteiger partial charge in [0.15, 0.2) is 0 Å². The van der Waals surface area contributed by atoms with Gasteiger partial charge in [0.05, 0.1) is 25.4 Å². The van der Waals surface area contributed by atoms with Gasteiger partial charge in [-0.25, -0.2) is 9.59 Å². The molecule has 0 unspecified atom stereocenters. The number of ether oxygens (including phenoxy) is 3. The number of carbonyl (C=O) groups is 2. The van der Waals surface area contributed by atoms with E-state index in [9.17, 15) is 9.59 Å². The number of carbonyl (C=O) groups excluding carboxylic acids is 2. The number of unbranched alkanes of at least 4 members (excludes halogenated alkanes) is 1. The van der Waals surface area contributed by atoms with Crippen molar-refractivity contribution in [1.82, 2.24) is 0 Å². The van der Waals surface area contributed by atoms with Crippen LogP contribution >= 0.6 is 0 Å². The van der Waals surface area contributed by atoms with Crippen molar-refractivity contribution in [1.29, 1.82) is 0 Å². The first-order valence-electron chi connectivity index (χ1n) is 7.36. The van der Waals surface area contributed by atoms with Gasteiger partial charge < -0.3 is 14.2 Å². The van der Waals surface area contributed by atoms with Crippen molar-refractivity contribution < 1.29 is 23.8 Å². The van der Waals surface area contributed by atoms with E-state index in [-0.39, 0.29) is 5.97 Å². The molecule has 5 nitrogen and oxygen atoms in total. The van der Waals surface area contributed by atoms with Crippen molar-refractivity contribution in [3.8, 4) is 5.75 Å². The Morgan fingerprint density at radius 1 is 1.05 bits per heavy atom. The Balaban J connectivity index is 2.23. The summed E-state index contributed by atoms with van der Waals surface area (Å²) in [5, 5.41) is 0. The molecule has 1 aromatic carbocycles. The highest BCUT2D eigenvalue weighted by molar-refractivity contribution is 5.89. The van der Waals surface area contributed by atoms with E-state index in [1.807, 2.05) is 6.92 Å². The highest BCUT2D eigenvalue weighted by Gasteiger charge is 2.06. The minimum Gasteiger partial charge on any atom is -0.494 e. The van der Waals surface area contributed by atoms with Gasteiger partial charge in [0, 0.05) is 6.08 Å². The van der Waals surface area contributed by atoms with E-state index in [4.69, 9.17) is 14.2 Å². The molecule has 0 N–H and O–H groups in total. The van der Waals surface area contributed by atoms with Gasteiger partial charge in [-0.1, -0.05) is 13.5 Å². The third-order valence-corrected chi connectivity index (χ3v) is 2.75. The van der Waals surface area contributed by atoms with Crippen LogP contribution in [0.2, 0.25) is 0 Å². The molecule has 120 valence electrons. The first-order chi connectivity index (χ1) is 10.7. The monoisotopic (exact) mass is 306 g/mol. The maximum atomic E-state index is 11.6. The lowest BCUT2D eigenvalue weighted by molar-refractivity contribution is -0.137. The maximum Gasteiger partial charge on any atom is 0.338 e. The third-order valence-electron chi connectivity index (χ3n) is 2.75. The fraction of sp³-hybridized carbons (Fsp3) is 0.412. The largest absolute Gasteiger partial charge is 0.494 e. The van der Waals surface area contributed by atoms with Crippen LogP contribution < -0.4 is 4.74 Å². The minimum absolute atomic E-state index is 0.322. The summed E-state index contributed by atoms with van der Waals surface area (Å²) in [5.41, 5.74) is 0.511. The number of hydrogen-bond acceptors (Lipinski definition) is 5. The Morgan fingerprint density at radius 3 is 2.36 bits per heavy atom. The fourth-order valence-electron chi connectivity index (χ4n) is 1.59. The molecule has 0 bridgehead atoms. The standard InChI is InChI=1S/C17H22O5/c1-3-11-22-17(19)14-7-9-15(10-8-14)20-12-5-6-13-21-16(18)4-2/h4,7-10H,2-3,5-6,11-13H2,1H3. The molecule has 0 saturated heterocycles. The lowest BCUT2D eigenvalue weighted by Gasteiger charge is -2.07. The molecule has 0 radical (unpaired) electrons. The number of rotatable bonds is 10. The lowest BCUT2D eigenvalue weighted by Crippen LogP contribution is -2.06. The zero-order valence-electron chi connectivity index (χ0n) is 12.9. The van der Waals surface area contributed by atoms with E-state index >= 15 is 0 Å². The smallest absolute Gasteiger partial charge is 0.338 e. The third kappa shape index (κ3) is 6.92. The van der Waals surface area contributed by atoms with E-state index in [0.717, 1.165) is 25.3 Å². The summed E-state index contributed by atoms with van der Waals surface area (Å²) in [6, 6.07) is 6.83. The summed E-state index contributed by atoms with van der Waals surface area (Å²) in [5.74, 6) is -0.0426. The minimum atomic E-state index is -0.411. The number of hydrogen-bond donors (Lipinski definition) is 0. The Bertz CT molecular complexity index is 478. The molecule has 5 heteroatoms. The van der Waals surface area contributed by atoms with E-state index in [1.54, 1.807) is 24.3 Å². The predicted molar refractivity (Wildman–Crippen MR) is 82.9 cm³/mol. The lowest BCUT2D eigenvalue weighted by atomic mass is 10.2. The van der Waals surface area contributed by atoms with Gasteiger partial charge in [0.1, 0.15) is 5.75 Å². The second-order valence-corrected chi connectivity index (χ2v) is 4.59. The molecule has 0 aliphatic heterocycles. The van der Waals surface area contributed by atoms with Gasteiger partial charge in [-0.3, -0.25) is 0 Å². The molecule has 0 aliphatic rings. The summed E-state index contributed by atoms with van der Waals surface area (Å²) in [6.45, 7) is 6.57. The van der Waals surface area contributed by atoms with Crippen LogP contribution in [0, 0.1) is 0 Å². The second-order valence-electron chi connectivity index (χ2n) is 4.59. The van der Waals surface area contributed by atoms with E-state index < -0.39 is 5.97 Å². The Morgan fingerprint density at radius 2 is 1.73 bits per heavy atom. The normalized spacial score (nSPS) is 9.86. The van der Waals surface area contributed by atoms with E-state index in [0.29, 0.717) is 31.1 Å². The number of benzene rings is 1. The Hall–Kier alpha value is -2.30. The molecule has 0 aromatic heterocycles. The van der Waals surface area contributed by atoms with Crippen molar-refractivity contribution in [3.63, 3.8) is 0 Å². The van der Waals surface area contributed by atoms with Crippen LogP contribution in [-0.2, 0) is 14.3 Å². The first-order valence-corrected chi connectivity index (χ1v) is 7.36. The van der Waals surface area contributed by atoms with Gasteiger partial charge in [0.25, 0.3) is 0 Å². The van der Waals surface area contributed by atoms with Crippen LogP contribution in [0.4, 0.5) is 0 Å². The molecule has 0 aliphatic carbocycles. The van der Waals surface area contributed by atoms with Crippen LogP contribution in [0.25, 0.3) is 0 Å². The molecule has 0 amide bonds. The average Bonchev–Trinajstić information content (AvgIpc) is 2.56. The molecule has 0 spiro atoms. The molecule has 0 heterocycles. The van der Waals surface area contributed by atoms with Crippen LogP contribution in [0.5, 0.6) is 5.75 Å². The molecule has 1 aromatic rings. The van der Waals surface area contributed by atoms with Gasteiger partial charge in [-0.2, -0.15) is 0 Å². The highest BCUT2D eigenvalue weighted by atomic mass is 16.5. The summed E-state index contributed by atoms with van der Waals surface area (Å²) < 4.78 is 15.4. The van der Waals surface area contributed by atoms with Crippen LogP contribution in [0.3, 0.4) is 0 Å². The van der Waals surface area contributed by atoms with Gasteiger partial charge in [-0.05, 0) is 43.5 Å². The zero-order chi connectivity index (χ0) is 16.2. The fourth-order valence-corrected chi connectivity index (χ4v) is 1.59. The van der Waals surface area contributed by atoms with Crippen LogP contribution in [-0.4, -0.2) is 31.8 Å². The predicted octanol–water partition coefficient (Wildman–Crippen LogP) is 3.14. The highest BCUT2D eigenvalue weighted by Crippen LogP contribution is 2.13. The SMILES string of the molecule is C=CC(=O)OCCCCOc1ccc(C(=O)OCCC)cc1. The molecular weight excluding hydrogens is 284 g/mol. The van der Waals surface area contributed by atoms with Gasteiger partial charge >= 0.3 is 11.9 Å². The van der Waals surface area contributed by atoms with Crippen LogP contribution in [0.1, 0.15) is 36.5 Å². The van der Waals surface area contributed by atoms with Crippen LogP contribution in [0.15, 0.2) is 36.9 Å². The Labute approximate surface area is 130 Å². The van der Waals surface area contributed by atoms with E-state index in [1.165, 1.54) is 0 Å². The summed E-state index contributed by atoms with van der Waals surface area (Å²) in [7, 11) is 0. The first kappa shape index (κ1) is 17.8. The van der Waals surface area contributed by atoms with E-state index in [2.05, 4.69) is 6.58 Å². The molecule has 0 atom stereocenters. The summed E-state index contributed by atoms with van der Waals surface area (Å²) in [6.07, 6.45) is 3.43. The van der Waals surface area contributed by atoms with Crippen molar-refractivity contribution in [2.45, 2.75) is 26.2 Å². The topological polar surface area (TPSA) is 61.8 Å². The molecule has 22 heavy (non-hydrogen) atoms. The van der Waals surface area contributed by atoms with Gasteiger partial charge in [0.2, 0.25) is 0 Å². The number of esters is 2. The zero-order valence-corrected chi connectivity index (χ0v) is 12.9. The van der Waals surface area contributed by atoms with Gasteiger partial charge in [-0.15, -0.1) is 0 Å². The average molecular weight is 306 g/mol. The van der Waals surface area contributed by atoms with Crippen molar-refractivity contribution in [3.05, 3.63) is 42.5 Å². The second kappa shape index (κ2) is 10.4. The van der Waals surface area contributed by atoms with Crippen molar-refractivity contribution in [2.24, 2.45) is 0 Å². The molecule has 1 rings (SSSR count). The molecular formula is C17H22O5. The van der Waals surface area contributed by atoms with Crippen molar-refractivity contribution >= 4 is 11.9 Å². The van der Waals surface area contributed by atoms with Crippen molar-refractivity contribution in [2.75, 3.05) is 19.8 Å². The molecule has 0 fully saturated rings. The summed E-state index contributed by atoms with van der Waals surface area (Å²) in [4.78, 5) is 22.4. The Kier molecular flexibility index (Phi) is 8.42. The quantitative estimate of drug-likeness (QED) is 0.377.